The summed E-state index contributed by atoms with van der Waals surface area (Å²) in [6, 6.07) is 0. The van der Waals surface area contributed by atoms with Gasteiger partial charge >= 0.3 is 0 Å². The third-order valence-electron chi connectivity index (χ3n) is 2.28. The molecule has 0 saturated carbocycles. The minimum atomic E-state index is -0.260. The van der Waals surface area contributed by atoms with Crippen LogP contribution in [0.4, 0.5) is 0 Å². The van der Waals surface area contributed by atoms with Crippen molar-refractivity contribution in [2.75, 3.05) is 6.54 Å². The fraction of sp³-hybridized carbons (Fsp3) is 0.444. The Morgan fingerprint density at radius 3 is 3.00 bits per heavy atom. The van der Waals surface area contributed by atoms with Crippen molar-refractivity contribution >= 4 is 17.5 Å². The topological polar surface area (TPSA) is 112 Å². The molecule has 0 spiro atoms. The van der Waals surface area contributed by atoms with Gasteiger partial charge in [-0.3, -0.25) is 14.7 Å². The highest BCUT2D eigenvalue weighted by Gasteiger charge is 2.17. The molecular weight excluding hydrogens is 224 g/mol. The van der Waals surface area contributed by atoms with Gasteiger partial charge in [0.2, 0.25) is 5.91 Å². The monoisotopic (exact) mass is 236 g/mol. The lowest BCUT2D eigenvalue weighted by atomic mass is 10.1. The normalized spacial score (nSPS) is 15.1. The Labute approximate surface area is 96.9 Å². The minimum Gasteiger partial charge on any atom is -0.350 e. The van der Waals surface area contributed by atoms with Crippen molar-refractivity contribution in [1.29, 1.82) is 0 Å². The fourth-order valence-corrected chi connectivity index (χ4v) is 1.39. The summed E-state index contributed by atoms with van der Waals surface area (Å²) in [6.45, 7) is 0.445. The van der Waals surface area contributed by atoms with Gasteiger partial charge in [0.1, 0.15) is 17.9 Å². The second kappa shape index (κ2) is 5.19. The van der Waals surface area contributed by atoms with Crippen molar-refractivity contribution in [2.24, 2.45) is 5.10 Å². The summed E-state index contributed by atoms with van der Waals surface area (Å²) in [6.07, 6.45) is 2.66. The molecule has 0 atom stereocenters. The number of aromatic nitrogens is 3. The van der Waals surface area contributed by atoms with Crippen LogP contribution in [0.2, 0.25) is 0 Å². The zero-order valence-electron chi connectivity index (χ0n) is 9.06. The third-order valence-corrected chi connectivity index (χ3v) is 2.28. The van der Waals surface area contributed by atoms with Crippen LogP contribution in [0.3, 0.4) is 0 Å². The molecule has 3 N–H and O–H groups in total. The minimum absolute atomic E-state index is 0.164. The average molecular weight is 236 g/mol. The molecule has 90 valence electrons. The summed E-state index contributed by atoms with van der Waals surface area (Å²) in [4.78, 5) is 26.4. The van der Waals surface area contributed by atoms with Crippen LogP contribution >= 0.6 is 0 Å². The molecule has 0 aromatic carbocycles. The first-order valence-corrected chi connectivity index (χ1v) is 5.23. The lowest BCUT2D eigenvalue weighted by Crippen LogP contribution is -2.37. The molecule has 1 aliphatic heterocycles. The Balaban J connectivity index is 1.76. The summed E-state index contributed by atoms with van der Waals surface area (Å²) >= 11 is 0. The van der Waals surface area contributed by atoms with E-state index in [-0.39, 0.29) is 11.8 Å². The largest absolute Gasteiger partial charge is 0.350 e. The number of carbonyl (C=O) groups is 2. The third kappa shape index (κ3) is 3.10. The molecule has 0 bridgehead atoms. The lowest BCUT2D eigenvalue weighted by molar-refractivity contribution is -0.121. The molecule has 0 fully saturated rings. The highest BCUT2D eigenvalue weighted by molar-refractivity contribution is 6.39. The van der Waals surface area contributed by atoms with Crippen LogP contribution in [-0.4, -0.2) is 39.3 Å². The van der Waals surface area contributed by atoms with Crippen molar-refractivity contribution in [3.63, 3.8) is 0 Å². The molecule has 0 radical (unpaired) electrons. The van der Waals surface area contributed by atoms with Gasteiger partial charge < -0.3 is 5.32 Å². The van der Waals surface area contributed by atoms with E-state index in [1.54, 1.807) is 0 Å². The molecular formula is C9H12N6O2. The van der Waals surface area contributed by atoms with E-state index in [4.69, 9.17) is 0 Å². The van der Waals surface area contributed by atoms with Crippen molar-refractivity contribution in [3.8, 4) is 0 Å². The molecule has 0 saturated heterocycles. The van der Waals surface area contributed by atoms with E-state index < -0.39 is 0 Å². The molecule has 2 rings (SSSR count). The number of aromatic amines is 1. The van der Waals surface area contributed by atoms with Crippen LogP contribution in [0, 0.1) is 0 Å². The smallest absolute Gasteiger partial charge is 0.267 e. The van der Waals surface area contributed by atoms with Gasteiger partial charge in [-0.1, -0.05) is 0 Å². The number of hydrazone groups is 1. The first-order valence-electron chi connectivity index (χ1n) is 5.23. The molecule has 8 heteroatoms. The molecule has 2 amide bonds. The van der Waals surface area contributed by atoms with E-state index in [9.17, 15) is 9.59 Å². The van der Waals surface area contributed by atoms with E-state index in [0.717, 1.165) is 0 Å². The summed E-state index contributed by atoms with van der Waals surface area (Å²) in [5.41, 5.74) is 2.63. The van der Waals surface area contributed by atoms with Crippen LogP contribution < -0.4 is 10.7 Å². The van der Waals surface area contributed by atoms with Crippen molar-refractivity contribution in [2.45, 2.75) is 19.3 Å². The maximum absolute atomic E-state index is 11.6. The zero-order valence-corrected chi connectivity index (χ0v) is 9.06. The highest BCUT2D eigenvalue weighted by atomic mass is 16.2. The maximum Gasteiger partial charge on any atom is 0.267 e. The second-order valence-electron chi connectivity index (χ2n) is 3.53. The number of nitrogens with zero attached hydrogens (tertiary/aromatic N) is 3. The number of nitrogens with one attached hydrogen (secondary N) is 3. The van der Waals surface area contributed by atoms with Crippen LogP contribution in [0.25, 0.3) is 0 Å². The molecule has 1 aromatic heterocycles. The molecule has 17 heavy (non-hydrogen) atoms. The maximum atomic E-state index is 11.6. The van der Waals surface area contributed by atoms with E-state index in [0.29, 0.717) is 37.3 Å². The first-order chi connectivity index (χ1) is 8.25. The van der Waals surface area contributed by atoms with Crippen LogP contribution in [0.15, 0.2) is 11.4 Å². The predicted octanol–water partition coefficient (Wildman–Crippen LogP) is -1.27. The van der Waals surface area contributed by atoms with Gasteiger partial charge in [-0.2, -0.15) is 10.2 Å². The fourth-order valence-electron chi connectivity index (χ4n) is 1.39. The van der Waals surface area contributed by atoms with Gasteiger partial charge in [0.25, 0.3) is 5.91 Å². The van der Waals surface area contributed by atoms with E-state index in [2.05, 4.69) is 31.0 Å². The summed E-state index contributed by atoms with van der Waals surface area (Å²) in [5, 5.41) is 12.8. The first kappa shape index (κ1) is 11.2. The van der Waals surface area contributed by atoms with Crippen molar-refractivity contribution < 1.29 is 9.59 Å². The van der Waals surface area contributed by atoms with Gasteiger partial charge in [0, 0.05) is 25.8 Å². The van der Waals surface area contributed by atoms with Crippen molar-refractivity contribution in [1.82, 2.24) is 25.9 Å². The summed E-state index contributed by atoms with van der Waals surface area (Å²) in [5.74, 6) is 0.289. The Morgan fingerprint density at radius 2 is 2.35 bits per heavy atom. The number of rotatable bonds is 4. The molecule has 8 nitrogen and oxygen atoms in total. The van der Waals surface area contributed by atoms with E-state index in [1.165, 1.54) is 6.33 Å². The Kier molecular flexibility index (Phi) is 3.43. The van der Waals surface area contributed by atoms with E-state index >= 15 is 0 Å². The quantitative estimate of drug-likeness (QED) is 0.605. The lowest BCUT2D eigenvalue weighted by Gasteiger charge is -2.11. The van der Waals surface area contributed by atoms with E-state index in [1.807, 2.05) is 0 Å². The zero-order chi connectivity index (χ0) is 12.1. The number of amides is 2. The Morgan fingerprint density at radius 1 is 1.47 bits per heavy atom. The van der Waals surface area contributed by atoms with Gasteiger partial charge in [-0.25, -0.2) is 10.4 Å². The van der Waals surface area contributed by atoms with Gasteiger partial charge in [-0.05, 0) is 0 Å². The molecule has 2 heterocycles. The van der Waals surface area contributed by atoms with Gasteiger partial charge in [-0.15, -0.1) is 0 Å². The summed E-state index contributed by atoms with van der Waals surface area (Å²) in [7, 11) is 0. The number of H-pyrrole nitrogens is 1. The highest BCUT2D eigenvalue weighted by Crippen LogP contribution is 1.99. The van der Waals surface area contributed by atoms with Crippen LogP contribution in [0.1, 0.15) is 18.7 Å². The van der Waals surface area contributed by atoms with Crippen LogP contribution in [0.5, 0.6) is 0 Å². The number of carbonyl (C=O) groups excluding carboxylic acids is 2. The number of hydrogen-bond acceptors (Lipinski definition) is 5. The van der Waals surface area contributed by atoms with Gasteiger partial charge in [0.15, 0.2) is 0 Å². The standard InChI is InChI=1S/C9H12N6O2/c16-8-2-1-6(13-15-8)9(17)10-4-3-7-11-5-12-14-7/h5H,1-4H2,(H,10,17)(H,15,16)(H,11,12,14). The number of hydrogen-bond donors (Lipinski definition) is 3. The predicted molar refractivity (Wildman–Crippen MR) is 57.9 cm³/mol. The molecule has 0 unspecified atom stereocenters. The SMILES string of the molecule is O=C1CCC(C(=O)NCCc2ncn[nH]2)=NN1. The average Bonchev–Trinajstić information content (AvgIpc) is 2.83. The van der Waals surface area contributed by atoms with Gasteiger partial charge in [0.05, 0.1) is 0 Å². The van der Waals surface area contributed by atoms with Crippen molar-refractivity contribution in [3.05, 3.63) is 12.2 Å². The molecule has 1 aliphatic rings. The van der Waals surface area contributed by atoms with Crippen LogP contribution in [-0.2, 0) is 16.0 Å². The molecule has 1 aromatic rings. The Bertz CT molecular complexity index is 438. The second-order valence-corrected chi connectivity index (χ2v) is 3.53. The summed E-state index contributed by atoms with van der Waals surface area (Å²) < 4.78 is 0. The molecule has 0 aliphatic carbocycles. The Hall–Kier alpha value is -2.25.